The van der Waals surface area contributed by atoms with Crippen LogP contribution in [0.15, 0.2) is 36.0 Å². The minimum Gasteiger partial charge on any atom is -0.386 e. The number of hydrogen-bond acceptors (Lipinski definition) is 3. The Hall–Kier alpha value is -1.61. The van der Waals surface area contributed by atoms with Crippen molar-refractivity contribution in [2.24, 2.45) is 5.41 Å². The van der Waals surface area contributed by atoms with Crippen LogP contribution in [0.25, 0.3) is 0 Å². The summed E-state index contributed by atoms with van der Waals surface area (Å²) in [6.45, 7) is 6.18. The Morgan fingerprint density at radius 3 is 2.90 bits per heavy atom. The highest BCUT2D eigenvalue weighted by molar-refractivity contribution is 5.91. The van der Waals surface area contributed by atoms with Crippen molar-refractivity contribution in [3.8, 4) is 0 Å². The summed E-state index contributed by atoms with van der Waals surface area (Å²) in [5.74, 6) is 0.241. The molecule has 0 saturated carbocycles. The van der Waals surface area contributed by atoms with Gasteiger partial charge in [-0.25, -0.2) is 0 Å². The van der Waals surface area contributed by atoms with E-state index in [9.17, 15) is 4.79 Å². The normalized spacial score (nSPS) is 24.2. The van der Waals surface area contributed by atoms with Gasteiger partial charge in [0.2, 0.25) is 0 Å². The quantitative estimate of drug-likeness (QED) is 0.896. The Morgan fingerprint density at radius 2 is 2.10 bits per heavy atom. The molecule has 1 aromatic carbocycles. The van der Waals surface area contributed by atoms with Crippen molar-refractivity contribution in [3.05, 3.63) is 47.2 Å². The van der Waals surface area contributed by atoms with E-state index < -0.39 is 0 Å². The number of carbonyl (C=O) groups excluding carboxylic acids is 1. The molecule has 0 saturated heterocycles. The fraction of sp³-hybridized carbons (Fsp3) is 0.500. The number of nitrogens with one attached hydrogen (secondary N) is 2. The van der Waals surface area contributed by atoms with Gasteiger partial charge in [-0.05, 0) is 35.9 Å². The summed E-state index contributed by atoms with van der Waals surface area (Å²) >= 11 is 0. The van der Waals surface area contributed by atoms with Crippen LogP contribution in [-0.2, 0) is 11.2 Å². The van der Waals surface area contributed by atoms with E-state index in [2.05, 4.69) is 48.7 Å². The lowest BCUT2D eigenvalue weighted by Gasteiger charge is -2.32. The number of ketones is 1. The van der Waals surface area contributed by atoms with Crippen LogP contribution in [0.1, 0.15) is 43.9 Å². The first-order chi connectivity index (χ1) is 10.0. The molecule has 1 aromatic rings. The standard InChI is InChI=1S/C18H24N2O/c1-18(2)10-14(9-15(21)11-18)20-12-17-16-6-4-3-5-13(16)7-8-19-17/h3-6,9,17,19-20H,7-8,10-12H2,1-2H3/t17-/m0/s1. The summed E-state index contributed by atoms with van der Waals surface area (Å²) < 4.78 is 0. The van der Waals surface area contributed by atoms with Crippen molar-refractivity contribution in [1.82, 2.24) is 10.6 Å². The van der Waals surface area contributed by atoms with Crippen LogP contribution in [0, 0.1) is 5.41 Å². The van der Waals surface area contributed by atoms with Crippen LogP contribution >= 0.6 is 0 Å². The fourth-order valence-electron chi connectivity index (χ4n) is 3.47. The zero-order valence-electron chi connectivity index (χ0n) is 12.9. The summed E-state index contributed by atoms with van der Waals surface area (Å²) in [7, 11) is 0. The van der Waals surface area contributed by atoms with Gasteiger partial charge in [0.05, 0.1) is 0 Å². The van der Waals surface area contributed by atoms with Gasteiger partial charge in [-0.15, -0.1) is 0 Å². The van der Waals surface area contributed by atoms with Crippen molar-refractivity contribution in [2.75, 3.05) is 13.1 Å². The summed E-state index contributed by atoms with van der Waals surface area (Å²) in [6.07, 6.45) is 4.50. The molecule has 0 spiro atoms. The van der Waals surface area contributed by atoms with Crippen LogP contribution in [0.3, 0.4) is 0 Å². The number of rotatable bonds is 3. The molecule has 0 aromatic heterocycles. The predicted octanol–water partition coefficient (Wildman–Crippen LogP) is 2.74. The number of carbonyl (C=O) groups is 1. The van der Waals surface area contributed by atoms with Crippen LogP contribution < -0.4 is 10.6 Å². The first kappa shape index (κ1) is 14.3. The van der Waals surface area contributed by atoms with Gasteiger partial charge in [0.15, 0.2) is 5.78 Å². The monoisotopic (exact) mass is 284 g/mol. The molecule has 0 radical (unpaired) electrons. The molecule has 3 rings (SSSR count). The Bertz CT molecular complexity index is 574. The highest BCUT2D eigenvalue weighted by Gasteiger charge is 2.28. The van der Waals surface area contributed by atoms with Crippen molar-refractivity contribution in [2.45, 2.75) is 39.2 Å². The van der Waals surface area contributed by atoms with Crippen LogP contribution in [-0.4, -0.2) is 18.9 Å². The Morgan fingerprint density at radius 1 is 1.29 bits per heavy atom. The molecule has 1 atom stereocenters. The molecule has 2 N–H and O–H groups in total. The van der Waals surface area contributed by atoms with Gasteiger partial charge >= 0.3 is 0 Å². The van der Waals surface area contributed by atoms with E-state index in [0.717, 1.165) is 31.6 Å². The zero-order chi connectivity index (χ0) is 14.9. The molecule has 0 unspecified atom stereocenters. The summed E-state index contributed by atoms with van der Waals surface area (Å²) in [6, 6.07) is 8.97. The Kier molecular flexibility index (Phi) is 3.85. The van der Waals surface area contributed by atoms with Crippen LogP contribution in [0.5, 0.6) is 0 Å². The maximum atomic E-state index is 11.8. The Balaban J connectivity index is 1.68. The summed E-state index contributed by atoms with van der Waals surface area (Å²) in [4.78, 5) is 11.8. The van der Waals surface area contributed by atoms with Gasteiger partial charge in [-0.3, -0.25) is 4.79 Å². The van der Waals surface area contributed by atoms with E-state index in [4.69, 9.17) is 0 Å². The molecule has 0 amide bonds. The van der Waals surface area contributed by atoms with Gasteiger partial charge in [0.1, 0.15) is 0 Å². The first-order valence-electron chi connectivity index (χ1n) is 7.82. The number of allylic oxidation sites excluding steroid dienone is 2. The SMILES string of the molecule is CC1(C)CC(=O)C=C(NC[C@@H]2NCCc3ccccc32)C1. The molecule has 112 valence electrons. The van der Waals surface area contributed by atoms with Crippen molar-refractivity contribution >= 4 is 5.78 Å². The molecule has 21 heavy (non-hydrogen) atoms. The van der Waals surface area contributed by atoms with E-state index >= 15 is 0 Å². The van der Waals surface area contributed by atoms with Crippen LogP contribution in [0.2, 0.25) is 0 Å². The molecule has 0 bridgehead atoms. The molecule has 1 aliphatic carbocycles. The summed E-state index contributed by atoms with van der Waals surface area (Å²) in [5.41, 5.74) is 3.99. The van der Waals surface area contributed by atoms with E-state index in [1.807, 2.05) is 0 Å². The molecule has 3 nitrogen and oxygen atoms in total. The van der Waals surface area contributed by atoms with Crippen molar-refractivity contribution < 1.29 is 4.79 Å². The lowest BCUT2D eigenvalue weighted by molar-refractivity contribution is -0.117. The van der Waals surface area contributed by atoms with Crippen LogP contribution in [0.4, 0.5) is 0 Å². The number of fused-ring (bicyclic) bond motifs is 1. The maximum Gasteiger partial charge on any atom is 0.157 e. The second-order valence-electron chi connectivity index (χ2n) is 6.99. The number of benzene rings is 1. The lowest BCUT2D eigenvalue weighted by atomic mass is 9.79. The van der Waals surface area contributed by atoms with E-state index in [-0.39, 0.29) is 11.2 Å². The number of hydrogen-bond donors (Lipinski definition) is 2. The van der Waals surface area contributed by atoms with Gasteiger partial charge in [-0.2, -0.15) is 0 Å². The smallest absolute Gasteiger partial charge is 0.157 e. The Labute approximate surface area is 126 Å². The minimum absolute atomic E-state index is 0.0755. The van der Waals surface area contributed by atoms with Gasteiger partial charge in [0.25, 0.3) is 0 Å². The first-order valence-corrected chi connectivity index (χ1v) is 7.82. The summed E-state index contributed by atoms with van der Waals surface area (Å²) in [5, 5.41) is 7.07. The second-order valence-corrected chi connectivity index (χ2v) is 6.99. The third kappa shape index (κ3) is 3.35. The third-order valence-electron chi connectivity index (χ3n) is 4.41. The van der Waals surface area contributed by atoms with E-state index in [1.165, 1.54) is 11.1 Å². The predicted molar refractivity (Wildman–Crippen MR) is 85.0 cm³/mol. The molecule has 2 aliphatic rings. The fourth-order valence-corrected chi connectivity index (χ4v) is 3.47. The second kappa shape index (κ2) is 5.64. The zero-order valence-corrected chi connectivity index (χ0v) is 12.9. The highest BCUT2D eigenvalue weighted by atomic mass is 16.1. The molecule has 1 aliphatic heterocycles. The molecular formula is C18H24N2O. The largest absolute Gasteiger partial charge is 0.386 e. The molecular weight excluding hydrogens is 260 g/mol. The third-order valence-corrected chi connectivity index (χ3v) is 4.41. The van der Waals surface area contributed by atoms with Gasteiger partial charge in [0, 0.05) is 30.8 Å². The van der Waals surface area contributed by atoms with E-state index in [0.29, 0.717) is 12.5 Å². The lowest BCUT2D eigenvalue weighted by Crippen LogP contribution is -2.38. The van der Waals surface area contributed by atoms with Gasteiger partial charge < -0.3 is 10.6 Å². The maximum absolute atomic E-state index is 11.8. The average molecular weight is 284 g/mol. The highest BCUT2D eigenvalue weighted by Crippen LogP contribution is 2.32. The molecule has 3 heteroatoms. The molecule has 0 fully saturated rings. The topological polar surface area (TPSA) is 41.1 Å². The van der Waals surface area contributed by atoms with Crippen molar-refractivity contribution in [3.63, 3.8) is 0 Å². The minimum atomic E-state index is 0.0755. The van der Waals surface area contributed by atoms with Crippen molar-refractivity contribution in [1.29, 1.82) is 0 Å². The molecule has 1 heterocycles. The van der Waals surface area contributed by atoms with E-state index in [1.54, 1.807) is 6.08 Å². The average Bonchev–Trinajstić information content (AvgIpc) is 2.43. The van der Waals surface area contributed by atoms with Gasteiger partial charge in [-0.1, -0.05) is 38.1 Å².